The molecule has 5 rings (SSSR count). The third-order valence-electron chi connectivity index (χ3n) is 7.60. The molecule has 154 valence electrons. The van der Waals surface area contributed by atoms with Crippen molar-refractivity contribution in [3.05, 3.63) is 0 Å². The SMILES string of the molecule is CNCC1CCN(C(=O)CNC(=O)CC23CC4CC(CC(C4)C2)C3)CC1.Cl. The monoisotopic (exact) mass is 397 g/mol. The van der Waals surface area contributed by atoms with Gasteiger partial charge in [-0.15, -0.1) is 12.4 Å². The number of hydrogen-bond acceptors (Lipinski definition) is 3. The lowest BCUT2D eigenvalue weighted by Crippen LogP contribution is -2.49. The minimum absolute atomic E-state index is 0. The van der Waals surface area contributed by atoms with E-state index in [1.54, 1.807) is 0 Å². The molecule has 1 saturated heterocycles. The lowest BCUT2D eigenvalue weighted by molar-refractivity contribution is -0.136. The van der Waals surface area contributed by atoms with E-state index in [4.69, 9.17) is 0 Å². The summed E-state index contributed by atoms with van der Waals surface area (Å²) in [4.78, 5) is 26.9. The van der Waals surface area contributed by atoms with Crippen LogP contribution in [0.2, 0.25) is 0 Å². The summed E-state index contributed by atoms with van der Waals surface area (Å²) in [6.45, 7) is 2.87. The number of carbonyl (C=O) groups excluding carboxylic acids is 2. The molecule has 5 nitrogen and oxygen atoms in total. The second-order valence-corrected chi connectivity index (χ2v) is 9.75. The maximum atomic E-state index is 12.6. The molecule has 0 spiro atoms. The summed E-state index contributed by atoms with van der Waals surface area (Å²) in [5, 5.41) is 6.17. The number of nitrogens with zero attached hydrogens (tertiary/aromatic N) is 1. The minimum atomic E-state index is 0. The zero-order valence-electron chi connectivity index (χ0n) is 16.7. The molecule has 5 aliphatic rings. The fourth-order valence-corrected chi connectivity index (χ4v) is 6.87. The van der Waals surface area contributed by atoms with Crippen molar-refractivity contribution in [1.82, 2.24) is 15.5 Å². The Bertz CT molecular complexity index is 510. The van der Waals surface area contributed by atoms with E-state index in [-0.39, 0.29) is 36.2 Å². The summed E-state index contributed by atoms with van der Waals surface area (Å²) >= 11 is 0. The van der Waals surface area contributed by atoms with Crippen LogP contribution >= 0.6 is 12.4 Å². The van der Waals surface area contributed by atoms with Crippen LogP contribution in [0.25, 0.3) is 0 Å². The summed E-state index contributed by atoms with van der Waals surface area (Å²) in [6, 6.07) is 0. The zero-order valence-corrected chi connectivity index (χ0v) is 17.5. The highest BCUT2D eigenvalue weighted by atomic mass is 35.5. The molecule has 1 aliphatic heterocycles. The van der Waals surface area contributed by atoms with Crippen molar-refractivity contribution >= 4 is 24.2 Å². The van der Waals surface area contributed by atoms with E-state index in [0.717, 1.165) is 50.2 Å². The van der Waals surface area contributed by atoms with Crippen LogP contribution in [0.1, 0.15) is 57.8 Å². The standard InChI is InChI=1S/C21H35N3O2.ClH/c1-22-13-15-2-4-24(5-3-15)20(26)14-23-19(25)12-21-9-16-6-17(10-21)8-18(7-16)11-21;/h15-18,22H,2-14H2,1H3,(H,23,25);1H. The van der Waals surface area contributed by atoms with Gasteiger partial charge in [-0.05, 0) is 94.0 Å². The second kappa shape index (κ2) is 8.69. The molecule has 6 heteroatoms. The van der Waals surface area contributed by atoms with Crippen molar-refractivity contribution in [3.8, 4) is 0 Å². The predicted molar refractivity (Wildman–Crippen MR) is 109 cm³/mol. The van der Waals surface area contributed by atoms with Crippen LogP contribution in [0.3, 0.4) is 0 Å². The Morgan fingerprint density at radius 2 is 1.56 bits per heavy atom. The van der Waals surface area contributed by atoms with Gasteiger partial charge in [-0.1, -0.05) is 0 Å². The molecular formula is C21H36ClN3O2. The first-order valence-electron chi connectivity index (χ1n) is 10.7. The van der Waals surface area contributed by atoms with Crippen molar-refractivity contribution in [2.45, 2.75) is 57.8 Å². The van der Waals surface area contributed by atoms with Gasteiger partial charge >= 0.3 is 0 Å². The average Bonchev–Trinajstić information content (AvgIpc) is 2.59. The van der Waals surface area contributed by atoms with Gasteiger partial charge in [0, 0.05) is 19.5 Å². The van der Waals surface area contributed by atoms with Gasteiger partial charge in [-0.2, -0.15) is 0 Å². The van der Waals surface area contributed by atoms with E-state index < -0.39 is 0 Å². The Hall–Kier alpha value is -0.810. The molecule has 0 aromatic heterocycles. The van der Waals surface area contributed by atoms with E-state index in [1.165, 1.54) is 38.5 Å². The first-order chi connectivity index (χ1) is 12.5. The Balaban J connectivity index is 0.00000210. The number of likely N-dealkylation sites (tertiary alicyclic amines) is 1. The number of rotatable bonds is 6. The lowest BCUT2D eigenvalue weighted by atomic mass is 9.49. The van der Waals surface area contributed by atoms with Gasteiger partial charge < -0.3 is 15.5 Å². The van der Waals surface area contributed by atoms with E-state index in [2.05, 4.69) is 10.6 Å². The van der Waals surface area contributed by atoms with Crippen LogP contribution in [-0.4, -0.2) is 49.9 Å². The Morgan fingerprint density at radius 3 is 2.07 bits per heavy atom. The van der Waals surface area contributed by atoms with Crippen LogP contribution in [0, 0.1) is 29.1 Å². The first-order valence-corrected chi connectivity index (χ1v) is 10.7. The largest absolute Gasteiger partial charge is 0.347 e. The van der Waals surface area contributed by atoms with Crippen molar-refractivity contribution in [2.24, 2.45) is 29.1 Å². The van der Waals surface area contributed by atoms with Gasteiger partial charge in [-0.25, -0.2) is 0 Å². The number of hydrogen-bond donors (Lipinski definition) is 2. The van der Waals surface area contributed by atoms with E-state index in [0.29, 0.717) is 12.3 Å². The van der Waals surface area contributed by atoms with E-state index >= 15 is 0 Å². The fraction of sp³-hybridized carbons (Fsp3) is 0.905. The number of carbonyl (C=O) groups is 2. The molecule has 0 aromatic carbocycles. The molecule has 0 aromatic rings. The van der Waals surface area contributed by atoms with Gasteiger partial charge in [0.05, 0.1) is 6.54 Å². The first kappa shape index (κ1) is 20.9. The summed E-state index contributed by atoms with van der Waals surface area (Å²) in [5.74, 6) is 3.48. The summed E-state index contributed by atoms with van der Waals surface area (Å²) < 4.78 is 0. The molecule has 4 bridgehead atoms. The third-order valence-corrected chi connectivity index (χ3v) is 7.60. The summed E-state index contributed by atoms with van der Waals surface area (Å²) in [6.07, 6.45) is 10.7. The third kappa shape index (κ3) is 4.79. The van der Waals surface area contributed by atoms with Crippen molar-refractivity contribution in [1.29, 1.82) is 0 Å². The molecule has 0 unspecified atom stereocenters. The maximum absolute atomic E-state index is 12.6. The van der Waals surface area contributed by atoms with Crippen LogP contribution in [-0.2, 0) is 9.59 Å². The molecule has 0 radical (unpaired) electrons. The van der Waals surface area contributed by atoms with Crippen LogP contribution < -0.4 is 10.6 Å². The molecule has 1 heterocycles. The minimum Gasteiger partial charge on any atom is -0.347 e. The number of nitrogens with one attached hydrogen (secondary N) is 2. The van der Waals surface area contributed by atoms with E-state index in [1.807, 2.05) is 11.9 Å². The lowest BCUT2D eigenvalue weighted by Gasteiger charge is -2.56. The Labute approximate surface area is 169 Å². The smallest absolute Gasteiger partial charge is 0.241 e. The quantitative estimate of drug-likeness (QED) is 0.724. The molecule has 0 atom stereocenters. The maximum Gasteiger partial charge on any atom is 0.241 e. The summed E-state index contributed by atoms with van der Waals surface area (Å²) in [5.41, 5.74) is 0.257. The molecule has 2 amide bonds. The normalized spacial score (nSPS) is 35.0. The van der Waals surface area contributed by atoms with Gasteiger partial charge in [-0.3, -0.25) is 9.59 Å². The predicted octanol–water partition coefficient (Wildman–Crippen LogP) is 2.59. The number of halogens is 1. The van der Waals surface area contributed by atoms with Crippen molar-refractivity contribution < 1.29 is 9.59 Å². The summed E-state index contributed by atoms with van der Waals surface area (Å²) in [7, 11) is 1.98. The van der Waals surface area contributed by atoms with Crippen LogP contribution in [0.15, 0.2) is 0 Å². The average molecular weight is 398 g/mol. The molecule has 4 saturated carbocycles. The van der Waals surface area contributed by atoms with Crippen LogP contribution in [0.4, 0.5) is 0 Å². The molecule has 2 N–H and O–H groups in total. The second-order valence-electron chi connectivity index (χ2n) is 9.75. The molecular weight excluding hydrogens is 362 g/mol. The molecule has 4 aliphatic carbocycles. The van der Waals surface area contributed by atoms with Crippen LogP contribution in [0.5, 0.6) is 0 Å². The fourth-order valence-electron chi connectivity index (χ4n) is 6.87. The Kier molecular flexibility index (Phi) is 6.73. The zero-order chi connectivity index (χ0) is 18.1. The highest BCUT2D eigenvalue weighted by Gasteiger charge is 2.51. The molecule has 5 fully saturated rings. The van der Waals surface area contributed by atoms with Gasteiger partial charge in [0.2, 0.25) is 11.8 Å². The van der Waals surface area contributed by atoms with Crippen molar-refractivity contribution in [2.75, 3.05) is 33.2 Å². The Morgan fingerprint density at radius 1 is 1.00 bits per heavy atom. The molecule has 27 heavy (non-hydrogen) atoms. The number of piperidine rings is 1. The van der Waals surface area contributed by atoms with E-state index in [9.17, 15) is 9.59 Å². The van der Waals surface area contributed by atoms with Gasteiger partial charge in [0.15, 0.2) is 0 Å². The number of amides is 2. The highest BCUT2D eigenvalue weighted by molar-refractivity contribution is 5.85. The topological polar surface area (TPSA) is 61.4 Å². The van der Waals surface area contributed by atoms with Gasteiger partial charge in [0.1, 0.15) is 0 Å². The van der Waals surface area contributed by atoms with Crippen molar-refractivity contribution in [3.63, 3.8) is 0 Å². The van der Waals surface area contributed by atoms with Gasteiger partial charge in [0.25, 0.3) is 0 Å². The highest BCUT2D eigenvalue weighted by Crippen LogP contribution is 2.61.